The number of carbonyl (C=O) groups excluding carboxylic acids is 3. The number of esters is 1. The Balaban J connectivity index is 1.75. The molecular weight excluding hydrogens is 324 g/mol. The van der Waals surface area contributed by atoms with E-state index in [4.69, 9.17) is 9.47 Å². The Morgan fingerprint density at radius 3 is 2.40 bits per heavy atom. The van der Waals surface area contributed by atoms with Gasteiger partial charge in [-0.1, -0.05) is 0 Å². The molecule has 2 amide bonds. The van der Waals surface area contributed by atoms with E-state index in [1.165, 1.54) is 11.9 Å². The van der Waals surface area contributed by atoms with Crippen molar-refractivity contribution in [2.75, 3.05) is 20.2 Å². The molecule has 0 atom stereocenters. The molecule has 1 aromatic rings. The normalized spacial score (nSPS) is 13.3. The number of amides is 2. The van der Waals surface area contributed by atoms with Crippen molar-refractivity contribution < 1.29 is 23.9 Å². The van der Waals surface area contributed by atoms with Crippen LogP contribution in [0, 0.1) is 0 Å². The zero-order chi connectivity index (χ0) is 18.4. The van der Waals surface area contributed by atoms with Gasteiger partial charge in [-0.25, -0.2) is 4.79 Å². The summed E-state index contributed by atoms with van der Waals surface area (Å²) in [6.07, 6.45) is 2.02. The van der Waals surface area contributed by atoms with E-state index >= 15 is 0 Å². The molecule has 0 bridgehead atoms. The average Bonchev–Trinajstić information content (AvgIpc) is 3.36. The summed E-state index contributed by atoms with van der Waals surface area (Å²) < 4.78 is 10.5. The third-order valence-electron chi connectivity index (χ3n) is 3.54. The van der Waals surface area contributed by atoms with Crippen LogP contribution in [0.5, 0.6) is 5.75 Å². The van der Waals surface area contributed by atoms with Gasteiger partial charge in [0.05, 0.1) is 18.2 Å². The summed E-state index contributed by atoms with van der Waals surface area (Å²) >= 11 is 0. The molecule has 7 nitrogen and oxygen atoms in total. The Kier molecular flexibility index (Phi) is 6.38. The van der Waals surface area contributed by atoms with Crippen LogP contribution < -0.4 is 10.1 Å². The highest BCUT2D eigenvalue weighted by Gasteiger charge is 2.24. The number of likely N-dealkylation sites (N-methyl/N-ethyl adjacent to an activating group) is 1. The van der Waals surface area contributed by atoms with Gasteiger partial charge in [0, 0.05) is 13.1 Å². The lowest BCUT2D eigenvalue weighted by Crippen LogP contribution is -2.40. The summed E-state index contributed by atoms with van der Waals surface area (Å²) in [6.45, 7) is 3.37. The van der Waals surface area contributed by atoms with E-state index in [2.05, 4.69) is 5.32 Å². The molecule has 1 aliphatic rings. The first kappa shape index (κ1) is 18.8. The van der Waals surface area contributed by atoms with E-state index in [-0.39, 0.29) is 24.6 Å². The largest absolute Gasteiger partial charge is 0.491 e. The maximum absolute atomic E-state index is 12.0. The second-order valence-corrected chi connectivity index (χ2v) is 6.36. The Hall–Kier alpha value is -2.57. The van der Waals surface area contributed by atoms with Gasteiger partial charge in [0.15, 0.2) is 6.61 Å². The van der Waals surface area contributed by atoms with Crippen LogP contribution in [0.3, 0.4) is 0 Å². The number of rotatable bonds is 8. The first-order chi connectivity index (χ1) is 11.8. The van der Waals surface area contributed by atoms with E-state index in [0.29, 0.717) is 11.3 Å². The molecule has 1 aromatic carbocycles. The van der Waals surface area contributed by atoms with E-state index in [1.54, 1.807) is 24.3 Å². The molecule has 0 aliphatic heterocycles. The van der Waals surface area contributed by atoms with E-state index in [1.807, 2.05) is 13.8 Å². The number of carbonyl (C=O) groups is 3. The van der Waals surface area contributed by atoms with Crippen LogP contribution in [0.1, 0.15) is 37.0 Å². The predicted molar refractivity (Wildman–Crippen MR) is 91.3 cm³/mol. The Bertz CT molecular complexity index is 623. The number of nitrogens with zero attached hydrogens (tertiary/aromatic N) is 1. The molecule has 25 heavy (non-hydrogen) atoms. The van der Waals surface area contributed by atoms with Crippen LogP contribution >= 0.6 is 0 Å². The van der Waals surface area contributed by atoms with Gasteiger partial charge in [-0.3, -0.25) is 9.59 Å². The molecule has 0 heterocycles. The first-order valence-corrected chi connectivity index (χ1v) is 8.32. The van der Waals surface area contributed by atoms with Gasteiger partial charge < -0.3 is 19.7 Å². The van der Waals surface area contributed by atoms with Crippen molar-refractivity contribution in [2.24, 2.45) is 0 Å². The average molecular weight is 348 g/mol. The smallest absolute Gasteiger partial charge is 0.338 e. The van der Waals surface area contributed by atoms with Crippen LogP contribution in [0.2, 0.25) is 0 Å². The molecule has 0 unspecified atom stereocenters. The molecule has 0 saturated heterocycles. The zero-order valence-corrected chi connectivity index (χ0v) is 14.8. The summed E-state index contributed by atoms with van der Waals surface area (Å²) in [4.78, 5) is 36.8. The fourth-order valence-electron chi connectivity index (χ4n) is 2.07. The number of ether oxygens (including phenoxy) is 2. The highest BCUT2D eigenvalue weighted by Crippen LogP contribution is 2.18. The van der Waals surface area contributed by atoms with Crippen LogP contribution in [-0.2, 0) is 14.3 Å². The molecule has 7 heteroatoms. The van der Waals surface area contributed by atoms with Crippen LogP contribution in [0.25, 0.3) is 0 Å². The van der Waals surface area contributed by atoms with E-state index in [9.17, 15) is 14.4 Å². The van der Waals surface area contributed by atoms with Gasteiger partial charge in [-0.05, 0) is 51.0 Å². The molecule has 136 valence electrons. The van der Waals surface area contributed by atoms with E-state index < -0.39 is 18.5 Å². The maximum atomic E-state index is 12.0. The molecule has 0 spiro atoms. The minimum absolute atomic E-state index is 0.0445. The Labute approximate surface area is 147 Å². The van der Waals surface area contributed by atoms with Crippen molar-refractivity contribution in [1.82, 2.24) is 10.2 Å². The minimum atomic E-state index is -0.597. The first-order valence-electron chi connectivity index (χ1n) is 8.32. The van der Waals surface area contributed by atoms with Gasteiger partial charge in [0.25, 0.3) is 5.91 Å². The summed E-state index contributed by atoms with van der Waals surface area (Å²) in [5, 5.41) is 2.80. The van der Waals surface area contributed by atoms with Gasteiger partial charge >= 0.3 is 5.97 Å². The van der Waals surface area contributed by atoms with Crippen molar-refractivity contribution in [2.45, 2.75) is 38.8 Å². The summed E-state index contributed by atoms with van der Waals surface area (Å²) in [6, 6.07) is 6.75. The molecule has 0 aromatic heterocycles. The van der Waals surface area contributed by atoms with Crippen LogP contribution in [0.15, 0.2) is 24.3 Å². The number of benzene rings is 1. The fourth-order valence-corrected chi connectivity index (χ4v) is 2.07. The van der Waals surface area contributed by atoms with Crippen LogP contribution in [0.4, 0.5) is 0 Å². The van der Waals surface area contributed by atoms with Crippen molar-refractivity contribution in [3.05, 3.63) is 29.8 Å². The highest BCUT2D eigenvalue weighted by molar-refractivity contribution is 5.92. The number of nitrogens with one attached hydrogen (secondary N) is 1. The molecule has 0 radical (unpaired) electrons. The van der Waals surface area contributed by atoms with Gasteiger partial charge in [0.2, 0.25) is 5.91 Å². The molecule has 1 aliphatic carbocycles. The quantitative estimate of drug-likeness (QED) is 0.717. The SMILES string of the molecule is CC(C)Oc1ccc(C(=O)OCC(=O)N(C)CC(=O)NC2CC2)cc1. The van der Waals surface area contributed by atoms with Crippen molar-refractivity contribution >= 4 is 17.8 Å². The molecule has 1 saturated carbocycles. The maximum Gasteiger partial charge on any atom is 0.338 e. The molecular formula is C18H24N2O5. The van der Waals surface area contributed by atoms with Gasteiger partial charge in [0.1, 0.15) is 5.75 Å². The van der Waals surface area contributed by atoms with Crippen molar-refractivity contribution in [1.29, 1.82) is 0 Å². The lowest BCUT2D eigenvalue weighted by Gasteiger charge is -2.16. The lowest BCUT2D eigenvalue weighted by atomic mass is 10.2. The summed E-state index contributed by atoms with van der Waals surface area (Å²) in [5.74, 6) is -0.575. The second kappa shape index (κ2) is 8.50. The highest BCUT2D eigenvalue weighted by atomic mass is 16.5. The Morgan fingerprint density at radius 2 is 1.84 bits per heavy atom. The third kappa shape index (κ3) is 6.45. The van der Waals surface area contributed by atoms with E-state index in [0.717, 1.165) is 12.8 Å². The van der Waals surface area contributed by atoms with Gasteiger partial charge in [-0.2, -0.15) is 0 Å². The molecule has 1 fully saturated rings. The minimum Gasteiger partial charge on any atom is -0.491 e. The molecule has 2 rings (SSSR count). The van der Waals surface area contributed by atoms with Crippen molar-refractivity contribution in [3.63, 3.8) is 0 Å². The fraction of sp³-hybridized carbons (Fsp3) is 0.500. The topological polar surface area (TPSA) is 84.9 Å². The summed E-state index contributed by atoms with van der Waals surface area (Å²) in [7, 11) is 1.50. The number of hydrogen-bond acceptors (Lipinski definition) is 5. The third-order valence-corrected chi connectivity index (χ3v) is 3.54. The summed E-state index contributed by atoms with van der Waals surface area (Å²) in [5.41, 5.74) is 0.332. The lowest BCUT2D eigenvalue weighted by molar-refractivity contribution is -0.137. The standard InChI is InChI=1S/C18H24N2O5/c1-12(2)25-15-8-4-13(5-9-15)18(23)24-11-17(22)20(3)10-16(21)19-14-6-7-14/h4-5,8-9,12,14H,6-7,10-11H2,1-3H3,(H,19,21). The van der Waals surface area contributed by atoms with Crippen molar-refractivity contribution in [3.8, 4) is 5.75 Å². The predicted octanol–water partition coefficient (Wildman–Crippen LogP) is 1.37. The monoisotopic (exact) mass is 348 g/mol. The van der Waals surface area contributed by atoms with Gasteiger partial charge in [-0.15, -0.1) is 0 Å². The number of hydrogen-bond donors (Lipinski definition) is 1. The Morgan fingerprint density at radius 1 is 1.20 bits per heavy atom. The molecule has 1 N–H and O–H groups in total. The zero-order valence-electron chi connectivity index (χ0n) is 14.8. The second-order valence-electron chi connectivity index (χ2n) is 6.36. The van der Waals surface area contributed by atoms with Crippen LogP contribution in [-0.4, -0.2) is 55.0 Å².